The van der Waals surface area contributed by atoms with Crippen molar-refractivity contribution in [2.45, 2.75) is 42.2 Å². The van der Waals surface area contributed by atoms with Gasteiger partial charge in [-0.2, -0.15) is 0 Å². The molecule has 1 saturated carbocycles. The minimum Gasteiger partial charge on any atom is -0.480 e. The lowest BCUT2D eigenvalue weighted by atomic mass is 10.1. The van der Waals surface area contributed by atoms with Gasteiger partial charge in [0.25, 0.3) is 0 Å². The number of carbonyl (C=O) groups is 1. The van der Waals surface area contributed by atoms with E-state index in [9.17, 15) is 14.3 Å². The molecule has 2 nitrogen and oxygen atoms in total. The summed E-state index contributed by atoms with van der Waals surface area (Å²) >= 11 is 1.36. The molecule has 1 aliphatic carbocycles. The molecule has 4 heteroatoms. The first-order chi connectivity index (χ1) is 8.03. The van der Waals surface area contributed by atoms with Crippen molar-refractivity contribution >= 4 is 17.7 Å². The van der Waals surface area contributed by atoms with Crippen LogP contribution in [0.2, 0.25) is 0 Å². The molecule has 0 spiro atoms. The molecule has 1 aromatic carbocycles. The van der Waals surface area contributed by atoms with Gasteiger partial charge in [-0.3, -0.25) is 4.79 Å². The van der Waals surface area contributed by atoms with E-state index in [1.54, 1.807) is 19.1 Å². The van der Waals surface area contributed by atoms with Crippen LogP contribution in [0.3, 0.4) is 0 Å². The molecule has 0 bridgehead atoms. The highest BCUT2D eigenvalue weighted by Crippen LogP contribution is 2.45. The lowest BCUT2D eigenvalue weighted by Crippen LogP contribution is -2.31. The van der Waals surface area contributed by atoms with E-state index in [4.69, 9.17) is 0 Å². The van der Waals surface area contributed by atoms with Gasteiger partial charge in [-0.15, -0.1) is 11.8 Å². The number of benzene rings is 1. The van der Waals surface area contributed by atoms with E-state index < -0.39 is 10.7 Å². The molecule has 2 rings (SSSR count). The highest BCUT2D eigenvalue weighted by molar-refractivity contribution is 8.01. The SMILES string of the molecule is Cc1cc(SC2(C(=O)O)CCCC2)ccc1F. The number of hydrogen-bond acceptors (Lipinski definition) is 2. The van der Waals surface area contributed by atoms with Crippen LogP contribution in [0.15, 0.2) is 23.1 Å². The van der Waals surface area contributed by atoms with Crippen LogP contribution in [0, 0.1) is 12.7 Å². The maximum absolute atomic E-state index is 13.1. The zero-order valence-electron chi connectivity index (χ0n) is 9.70. The highest BCUT2D eigenvalue weighted by atomic mass is 32.2. The minimum absolute atomic E-state index is 0.245. The Morgan fingerprint density at radius 3 is 2.59 bits per heavy atom. The normalized spacial score (nSPS) is 18.2. The Hall–Kier alpha value is -1.03. The fourth-order valence-electron chi connectivity index (χ4n) is 2.21. The summed E-state index contributed by atoms with van der Waals surface area (Å²) in [5.41, 5.74) is 0.563. The Kier molecular flexibility index (Phi) is 3.43. The van der Waals surface area contributed by atoms with Gasteiger partial charge in [0.15, 0.2) is 0 Å². The number of carboxylic acid groups (broad SMARTS) is 1. The zero-order valence-corrected chi connectivity index (χ0v) is 10.5. The molecule has 1 N–H and O–H groups in total. The highest BCUT2D eigenvalue weighted by Gasteiger charge is 2.42. The fraction of sp³-hybridized carbons (Fsp3) is 0.462. The van der Waals surface area contributed by atoms with Crippen LogP contribution < -0.4 is 0 Å². The van der Waals surface area contributed by atoms with Crippen molar-refractivity contribution in [2.75, 3.05) is 0 Å². The molecule has 1 fully saturated rings. The number of rotatable bonds is 3. The monoisotopic (exact) mass is 254 g/mol. The minimum atomic E-state index is -0.748. The molecule has 17 heavy (non-hydrogen) atoms. The van der Waals surface area contributed by atoms with Crippen molar-refractivity contribution in [1.29, 1.82) is 0 Å². The molecule has 0 amide bonds. The molecular weight excluding hydrogens is 239 g/mol. The molecule has 0 saturated heterocycles. The van der Waals surface area contributed by atoms with Crippen molar-refractivity contribution in [3.63, 3.8) is 0 Å². The van der Waals surface area contributed by atoms with E-state index in [1.165, 1.54) is 17.8 Å². The average Bonchev–Trinajstić information content (AvgIpc) is 2.73. The maximum Gasteiger partial charge on any atom is 0.320 e. The quantitative estimate of drug-likeness (QED) is 0.895. The second kappa shape index (κ2) is 4.69. The van der Waals surface area contributed by atoms with E-state index in [0.717, 1.165) is 17.7 Å². The molecule has 0 aromatic heterocycles. The van der Waals surface area contributed by atoms with Crippen molar-refractivity contribution in [3.8, 4) is 0 Å². The molecule has 0 radical (unpaired) electrons. The van der Waals surface area contributed by atoms with E-state index >= 15 is 0 Å². The van der Waals surface area contributed by atoms with Crippen LogP contribution in [-0.4, -0.2) is 15.8 Å². The van der Waals surface area contributed by atoms with Crippen LogP contribution in [0.25, 0.3) is 0 Å². The van der Waals surface area contributed by atoms with E-state index in [-0.39, 0.29) is 5.82 Å². The first kappa shape index (κ1) is 12.4. The third kappa shape index (κ3) is 2.46. The van der Waals surface area contributed by atoms with Gasteiger partial charge in [0.1, 0.15) is 10.6 Å². The van der Waals surface area contributed by atoms with Gasteiger partial charge < -0.3 is 5.11 Å². The van der Waals surface area contributed by atoms with Crippen molar-refractivity contribution in [1.82, 2.24) is 0 Å². The standard InChI is InChI=1S/C13H15FO2S/c1-9-8-10(4-5-11(9)14)17-13(12(15)16)6-2-3-7-13/h4-5,8H,2-3,6-7H2,1H3,(H,15,16). The summed E-state index contributed by atoms with van der Waals surface area (Å²) in [5, 5.41) is 9.35. The summed E-state index contributed by atoms with van der Waals surface area (Å²) in [6.07, 6.45) is 3.31. The molecule has 0 unspecified atom stereocenters. The first-order valence-corrected chi connectivity index (χ1v) is 6.54. The van der Waals surface area contributed by atoms with Crippen LogP contribution in [0.5, 0.6) is 0 Å². The number of aryl methyl sites for hydroxylation is 1. The first-order valence-electron chi connectivity index (χ1n) is 5.72. The summed E-state index contributed by atoms with van der Waals surface area (Å²) in [6.45, 7) is 1.70. The summed E-state index contributed by atoms with van der Waals surface area (Å²) in [5.74, 6) is -0.993. The molecule has 0 aliphatic heterocycles. The number of thioether (sulfide) groups is 1. The van der Waals surface area contributed by atoms with Crippen LogP contribution in [0.4, 0.5) is 4.39 Å². The molecule has 1 aromatic rings. The fourth-order valence-corrected chi connectivity index (χ4v) is 3.62. The van der Waals surface area contributed by atoms with Gasteiger partial charge in [0, 0.05) is 4.90 Å². The van der Waals surface area contributed by atoms with Gasteiger partial charge in [-0.25, -0.2) is 4.39 Å². The second-order valence-electron chi connectivity index (χ2n) is 4.52. The summed E-state index contributed by atoms with van der Waals surface area (Å²) < 4.78 is 12.4. The molecule has 1 aliphatic rings. The topological polar surface area (TPSA) is 37.3 Å². The van der Waals surface area contributed by atoms with Gasteiger partial charge in [-0.05, 0) is 43.5 Å². The Morgan fingerprint density at radius 1 is 1.41 bits per heavy atom. The number of aliphatic carboxylic acids is 1. The smallest absolute Gasteiger partial charge is 0.320 e. The number of carboxylic acids is 1. The predicted octanol–water partition coefficient (Wildman–Crippen LogP) is 3.62. The van der Waals surface area contributed by atoms with E-state index in [1.807, 2.05) is 0 Å². The Labute approximate surface area is 104 Å². The van der Waals surface area contributed by atoms with Crippen LogP contribution >= 0.6 is 11.8 Å². The zero-order chi connectivity index (χ0) is 12.5. The Bertz CT molecular complexity index is 439. The van der Waals surface area contributed by atoms with Gasteiger partial charge in [0.05, 0.1) is 0 Å². The van der Waals surface area contributed by atoms with Crippen molar-refractivity contribution in [2.24, 2.45) is 0 Å². The maximum atomic E-state index is 13.1. The second-order valence-corrected chi connectivity index (χ2v) is 5.98. The van der Waals surface area contributed by atoms with E-state index in [0.29, 0.717) is 18.4 Å². The van der Waals surface area contributed by atoms with Gasteiger partial charge in [0.2, 0.25) is 0 Å². The third-order valence-corrected chi connectivity index (χ3v) is 4.71. The number of halogens is 1. The molecule has 0 atom stereocenters. The van der Waals surface area contributed by atoms with Crippen molar-refractivity contribution < 1.29 is 14.3 Å². The lowest BCUT2D eigenvalue weighted by molar-refractivity contribution is -0.139. The van der Waals surface area contributed by atoms with E-state index in [2.05, 4.69) is 0 Å². The van der Waals surface area contributed by atoms with Gasteiger partial charge in [-0.1, -0.05) is 12.8 Å². The Morgan fingerprint density at radius 2 is 2.06 bits per heavy atom. The average molecular weight is 254 g/mol. The van der Waals surface area contributed by atoms with Crippen molar-refractivity contribution in [3.05, 3.63) is 29.6 Å². The molecular formula is C13H15FO2S. The molecule has 0 heterocycles. The Balaban J connectivity index is 2.23. The van der Waals surface area contributed by atoms with Crippen LogP contribution in [0.1, 0.15) is 31.2 Å². The van der Waals surface area contributed by atoms with Crippen LogP contribution in [-0.2, 0) is 4.79 Å². The lowest BCUT2D eigenvalue weighted by Gasteiger charge is -2.23. The largest absolute Gasteiger partial charge is 0.480 e. The molecule has 92 valence electrons. The van der Waals surface area contributed by atoms with Gasteiger partial charge >= 0.3 is 5.97 Å². The number of hydrogen-bond donors (Lipinski definition) is 1. The summed E-state index contributed by atoms with van der Waals surface area (Å²) in [7, 11) is 0. The predicted molar refractivity (Wildman–Crippen MR) is 65.8 cm³/mol. The third-order valence-electron chi connectivity index (χ3n) is 3.24. The summed E-state index contributed by atoms with van der Waals surface area (Å²) in [6, 6.07) is 4.79. The summed E-state index contributed by atoms with van der Waals surface area (Å²) in [4.78, 5) is 12.2.